The molecular weight excluding hydrogens is 355 g/mol. The topological polar surface area (TPSA) is 108 Å². The molecule has 1 N–H and O–H groups in total. The van der Waals surface area contributed by atoms with E-state index in [1.165, 1.54) is 23.0 Å². The zero-order valence-electron chi connectivity index (χ0n) is 14.7. The molecule has 0 atom stereocenters. The summed E-state index contributed by atoms with van der Waals surface area (Å²) in [7, 11) is 0. The average Bonchev–Trinajstić information content (AvgIpc) is 3.18. The highest BCUT2D eigenvalue weighted by Crippen LogP contribution is 2.20. The number of hydrogen-bond donors (Lipinski definition) is 1. The van der Waals surface area contributed by atoms with Crippen LogP contribution in [0.5, 0.6) is 0 Å². The van der Waals surface area contributed by atoms with Crippen LogP contribution in [0, 0.1) is 29.8 Å². The number of nitro groups is 1. The van der Waals surface area contributed by atoms with Crippen LogP contribution in [0.1, 0.15) is 17.0 Å². The highest BCUT2D eigenvalue weighted by molar-refractivity contribution is 5.91. The Morgan fingerprint density at radius 1 is 1.30 bits per heavy atom. The van der Waals surface area contributed by atoms with E-state index in [0.29, 0.717) is 17.9 Å². The van der Waals surface area contributed by atoms with Gasteiger partial charge in [0.1, 0.15) is 24.8 Å². The molecule has 2 heterocycles. The summed E-state index contributed by atoms with van der Waals surface area (Å²) in [5.74, 6) is -0.681. The van der Waals surface area contributed by atoms with Crippen LogP contribution < -0.4 is 5.32 Å². The maximum Gasteiger partial charge on any atom is 0.307 e. The summed E-state index contributed by atoms with van der Waals surface area (Å²) in [4.78, 5) is 22.3. The first kappa shape index (κ1) is 18.2. The first-order chi connectivity index (χ1) is 12.8. The Morgan fingerprint density at radius 2 is 2.00 bits per heavy atom. The van der Waals surface area contributed by atoms with E-state index >= 15 is 0 Å². The van der Waals surface area contributed by atoms with Gasteiger partial charge < -0.3 is 5.32 Å². The Morgan fingerprint density at radius 3 is 2.63 bits per heavy atom. The van der Waals surface area contributed by atoms with Gasteiger partial charge in [0.15, 0.2) is 0 Å². The standard InChI is InChI=1S/C17H17FN6O3/c1-11-17(20-16(25)10-22-9-15(7-19-22)24(26)27)12(2)23(21-11)8-13-3-5-14(18)6-4-13/h3-7,9H,8,10H2,1-2H3,(H,20,25). The number of carbonyl (C=O) groups is 1. The van der Waals surface area contributed by atoms with Crippen LogP contribution in [-0.4, -0.2) is 30.4 Å². The van der Waals surface area contributed by atoms with Crippen LogP contribution in [0.25, 0.3) is 0 Å². The molecule has 140 valence electrons. The third-order valence-electron chi connectivity index (χ3n) is 4.03. The molecule has 1 amide bonds. The molecule has 0 aliphatic carbocycles. The molecule has 0 fully saturated rings. The van der Waals surface area contributed by atoms with E-state index < -0.39 is 4.92 Å². The Balaban J connectivity index is 1.70. The third kappa shape index (κ3) is 4.17. The van der Waals surface area contributed by atoms with Crippen molar-refractivity contribution in [2.75, 3.05) is 5.32 Å². The first-order valence-electron chi connectivity index (χ1n) is 8.08. The van der Waals surface area contributed by atoms with E-state index in [2.05, 4.69) is 15.5 Å². The summed E-state index contributed by atoms with van der Waals surface area (Å²) in [6, 6.07) is 6.11. The van der Waals surface area contributed by atoms with Crippen molar-refractivity contribution in [2.24, 2.45) is 0 Å². The lowest BCUT2D eigenvalue weighted by Crippen LogP contribution is -2.19. The van der Waals surface area contributed by atoms with Gasteiger partial charge in [-0.1, -0.05) is 12.1 Å². The van der Waals surface area contributed by atoms with Crippen molar-refractivity contribution < 1.29 is 14.1 Å². The molecule has 2 aromatic heterocycles. The third-order valence-corrected chi connectivity index (χ3v) is 4.03. The van der Waals surface area contributed by atoms with Gasteiger partial charge in [0.2, 0.25) is 5.91 Å². The lowest BCUT2D eigenvalue weighted by Gasteiger charge is -2.07. The fourth-order valence-electron chi connectivity index (χ4n) is 2.65. The van der Waals surface area contributed by atoms with Crippen molar-refractivity contribution in [2.45, 2.75) is 26.9 Å². The Bertz CT molecular complexity index is 993. The molecule has 27 heavy (non-hydrogen) atoms. The summed E-state index contributed by atoms with van der Waals surface area (Å²) in [5.41, 5.74) is 2.65. The summed E-state index contributed by atoms with van der Waals surface area (Å²) < 4.78 is 15.9. The van der Waals surface area contributed by atoms with Crippen LogP contribution in [-0.2, 0) is 17.9 Å². The molecule has 0 saturated heterocycles. The summed E-state index contributed by atoms with van der Waals surface area (Å²) >= 11 is 0. The van der Waals surface area contributed by atoms with E-state index in [1.54, 1.807) is 23.7 Å². The zero-order chi connectivity index (χ0) is 19.6. The summed E-state index contributed by atoms with van der Waals surface area (Å²) in [5, 5.41) is 21.6. The minimum absolute atomic E-state index is 0.157. The molecule has 0 spiro atoms. The maximum absolute atomic E-state index is 13.0. The number of rotatable bonds is 6. The van der Waals surface area contributed by atoms with Crippen LogP contribution in [0.2, 0.25) is 0 Å². The van der Waals surface area contributed by atoms with Crippen molar-refractivity contribution >= 4 is 17.3 Å². The number of benzene rings is 1. The number of hydrogen-bond acceptors (Lipinski definition) is 5. The molecular formula is C17H17FN6O3. The van der Waals surface area contributed by atoms with Crippen LogP contribution >= 0.6 is 0 Å². The van der Waals surface area contributed by atoms with Gasteiger partial charge in [-0.05, 0) is 31.5 Å². The number of amides is 1. The van der Waals surface area contributed by atoms with Crippen molar-refractivity contribution in [1.82, 2.24) is 19.6 Å². The molecule has 3 aromatic rings. The smallest absolute Gasteiger partial charge is 0.307 e. The Hall–Kier alpha value is -3.56. The second-order valence-corrected chi connectivity index (χ2v) is 6.03. The monoisotopic (exact) mass is 372 g/mol. The second-order valence-electron chi connectivity index (χ2n) is 6.03. The highest BCUT2D eigenvalue weighted by Gasteiger charge is 2.16. The number of anilines is 1. The van der Waals surface area contributed by atoms with E-state index in [4.69, 9.17) is 0 Å². The van der Waals surface area contributed by atoms with Crippen molar-refractivity contribution in [3.05, 3.63) is 69.5 Å². The van der Waals surface area contributed by atoms with Gasteiger partial charge in [0.25, 0.3) is 0 Å². The van der Waals surface area contributed by atoms with Gasteiger partial charge in [0, 0.05) is 0 Å². The predicted octanol–water partition coefficient (Wildman–Crippen LogP) is 2.43. The van der Waals surface area contributed by atoms with Gasteiger partial charge in [-0.15, -0.1) is 0 Å². The van der Waals surface area contributed by atoms with Gasteiger partial charge >= 0.3 is 5.69 Å². The second kappa shape index (κ2) is 7.36. The van der Waals surface area contributed by atoms with E-state index in [-0.39, 0.29) is 24.0 Å². The number of nitrogens with zero attached hydrogens (tertiary/aromatic N) is 5. The number of halogens is 1. The number of nitrogens with one attached hydrogen (secondary N) is 1. The molecule has 3 rings (SSSR count). The number of aryl methyl sites for hydroxylation is 1. The summed E-state index contributed by atoms with van der Waals surface area (Å²) in [6.45, 7) is 3.87. The molecule has 0 saturated carbocycles. The minimum atomic E-state index is -0.574. The van der Waals surface area contributed by atoms with Gasteiger partial charge in [-0.25, -0.2) is 4.39 Å². The first-order valence-corrected chi connectivity index (χ1v) is 8.08. The number of carbonyl (C=O) groups excluding carboxylic acids is 1. The molecule has 0 bridgehead atoms. The lowest BCUT2D eigenvalue weighted by molar-refractivity contribution is -0.385. The van der Waals surface area contributed by atoms with Crippen LogP contribution in [0.3, 0.4) is 0 Å². The molecule has 0 radical (unpaired) electrons. The minimum Gasteiger partial charge on any atom is -0.321 e. The molecule has 0 aliphatic heterocycles. The fourth-order valence-corrected chi connectivity index (χ4v) is 2.65. The van der Waals surface area contributed by atoms with Gasteiger partial charge in [-0.3, -0.25) is 24.3 Å². The van der Waals surface area contributed by atoms with Crippen molar-refractivity contribution in [1.29, 1.82) is 0 Å². The van der Waals surface area contributed by atoms with Crippen molar-refractivity contribution in [3.8, 4) is 0 Å². The van der Waals surface area contributed by atoms with E-state index in [0.717, 1.165) is 17.5 Å². The summed E-state index contributed by atoms with van der Waals surface area (Å²) in [6.07, 6.45) is 2.28. The Labute approximate surface area is 153 Å². The lowest BCUT2D eigenvalue weighted by atomic mass is 10.2. The molecule has 0 aliphatic rings. The quantitative estimate of drug-likeness (QED) is 0.528. The maximum atomic E-state index is 13.0. The normalized spacial score (nSPS) is 10.8. The predicted molar refractivity (Wildman–Crippen MR) is 94.7 cm³/mol. The SMILES string of the molecule is Cc1nn(Cc2ccc(F)cc2)c(C)c1NC(=O)Cn1cc([N+](=O)[O-])cn1. The molecule has 9 nitrogen and oxygen atoms in total. The molecule has 1 aromatic carbocycles. The van der Waals surface area contributed by atoms with Crippen LogP contribution in [0.4, 0.5) is 15.8 Å². The largest absolute Gasteiger partial charge is 0.321 e. The van der Waals surface area contributed by atoms with E-state index in [9.17, 15) is 19.3 Å². The number of aromatic nitrogens is 4. The van der Waals surface area contributed by atoms with Crippen molar-refractivity contribution in [3.63, 3.8) is 0 Å². The van der Waals surface area contributed by atoms with Gasteiger partial charge in [0.05, 0.1) is 28.5 Å². The highest BCUT2D eigenvalue weighted by atomic mass is 19.1. The average molecular weight is 372 g/mol. The molecule has 10 heteroatoms. The zero-order valence-corrected chi connectivity index (χ0v) is 14.7. The van der Waals surface area contributed by atoms with E-state index in [1.807, 2.05) is 6.92 Å². The fraction of sp³-hybridized carbons (Fsp3) is 0.235. The van der Waals surface area contributed by atoms with Crippen LogP contribution in [0.15, 0.2) is 36.7 Å². The molecule has 0 unspecified atom stereocenters. The van der Waals surface area contributed by atoms with Gasteiger partial charge in [-0.2, -0.15) is 10.2 Å². The Kier molecular flexibility index (Phi) is 4.97.